The lowest BCUT2D eigenvalue weighted by molar-refractivity contribution is -0.133. The van der Waals surface area contributed by atoms with Crippen LogP contribution >= 0.6 is 0 Å². The van der Waals surface area contributed by atoms with E-state index in [0.29, 0.717) is 55.2 Å². The molecule has 3 heterocycles. The van der Waals surface area contributed by atoms with Gasteiger partial charge in [-0.1, -0.05) is 0 Å². The molecule has 2 aromatic heterocycles. The van der Waals surface area contributed by atoms with Gasteiger partial charge in [-0.2, -0.15) is 0 Å². The van der Waals surface area contributed by atoms with E-state index in [0.717, 1.165) is 23.9 Å². The molecule has 5 rings (SSSR count). The average Bonchev–Trinajstić information content (AvgIpc) is 3.16. The molecule has 1 saturated heterocycles. The summed E-state index contributed by atoms with van der Waals surface area (Å²) in [6, 6.07) is 6.50. The molecule has 2 fully saturated rings. The van der Waals surface area contributed by atoms with Gasteiger partial charge in [0, 0.05) is 43.6 Å². The molecule has 0 amide bonds. The van der Waals surface area contributed by atoms with E-state index in [1.54, 1.807) is 18.5 Å². The number of piperidine rings is 1. The van der Waals surface area contributed by atoms with E-state index in [-0.39, 0.29) is 11.0 Å². The van der Waals surface area contributed by atoms with E-state index in [9.17, 15) is 14.0 Å². The summed E-state index contributed by atoms with van der Waals surface area (Å²) in [5.41, 5.74) is 1.42. The quantitative estimate of drug-likeness (QED) is 0.671. The van der Waals surface area contributed by atoms with Crippen LogP contribution in [0.1, 0.15) is 36.0 Å². The van der Waals surface area contributed by atoms with Gasteiger partial charge in [0.1, 0.15) is 28.7 Å². The standard InChI is InChI=1S/C22H20FN3O3/c23-18-8-15(13-27)20(29-17-7-14-1-4-24-21(14)25-12-17)9-19(18)26-5-2-22(3-6-26)10-16(28)11-22/h1,4,7-9,12-13H,2-3,5-6,10-11H2,(H,24,25). The summed E-state index contributed by atoms with van der Waals surface area (Å²) in [6.45, 7) is 1.36. The van der Waals surface area contributed by atoms with Crippen LogP contribution in [0.4, 0.5) is 10.1 Å². The number of hydrogen-bond acceptors (Lipinski definition) is 5. The number of nitrogens with zero attached hydrogens (tertiary/aromatic N) is 2. The zero-order chi connectivity index (χ0) is 20.0. The van der Waals surface area contributed by atoms with Gasteiger partial charge in [0.15, 0.2) is 6.29 Å². The predicted octanol–water partition coefficient (Wildman–Crippen LogP) is 4.26. The summed E-state index contributed by atoms with van der Waals surface area (Å²) >= 11 is 0. The van der Waals surface area contributed by atoms with Gasteiger partial charge in [-0.05, 0) is 36.5 Å². The van der Waals surface area contributed by atoms with E-state index >= 15 is 0 Å². The van der Waals surface area contributed by atoms with Crippen molar-refractivity contribution in [3.8, 4) is 11.5 Å². The SMILES string of the molecule is O=Cc1cc(F)c(N2CCC3(CC2)CC(=O)C3)cc1Oc1cnc2[nH]ccc2c1. The molecule has 1 N–H and O–H groups in total. The predicted molar refractivity (Wildman–Crippen MR) is 106 cm³/mol. The number of anilines is 1. The molecule has 3 aromatic rings. The maximum atomic E-state index is 14.7. The van der Waals surface area contributed by atoms with Crippen LogP contribution in [0.25, 0.3) is 11.0 Å². The minimum atomic E-state index is -0.445. The molecule has 7 heteroatoms. The minimum Gasteiger partial charge on any atom is -0.455 e. The van der Waals surface area contributed by atoms with Crippen LogP contribution in [0.5, 0.6) is 11.5 Å². The van der Waals surface area contributed by atoms with Crippen LogP contribution in [0.2, 0.25) is 0 Å². The summed E-state index contributed by atoms with van der Waals surface area (Å²) in [4.78, 5) is 32.1. The molecule has 6 nitrogen and oxygen atoms in total. The molecule has 1 aliphatic heterocycles. The first-order valence-corrected chi connectivity index (χ1v) is 9.72. The van der Waals surface area contributed by atoms with Crippen molar-refractivity contribution in [2.24, 2.45) is 5.41 Å². The van der Waals surface area contributed by atoms with Crippen molar-refractivity contribution in [1.82, 2.24) is 9.97 Å². The third-order valence-electron chi connectivity index (χ3n) is 6.12. The lowest BCUT2D eigenvalue weighted by atomic mass is 9.62. The Balaban J connectivity index is 1.41. The normalized spacial score (nSPS) is 18.1. The molecule has 1 aromatic carbocycles. The van der Waals surface area contributed by atoms with E-state index in [1.165, 1.54) is 6.07 Å². The Kier molecular flexibility index (Phi) is 4.12. The summed E-state index contributed by atoms with van der Waals surface area (Å²) in [7, 11) is 0. The van der Waals surface area contributed by atoms with Crippen LogP contribution in [-0.2, 0) is 4.79 Å². The third kappa shape index (κ3) is 3.16. The first-order chi connectivity index (χ1) is 14.0. The highest BCUT2D eigenvalue weighted by Crippen LogP contribution is 2.47. The number of H-pyrrole nitrogens is 1. The first kappa shape index (κ1) is 17.8. The highest BCUT2D eigenvalue weighted by molar-refractivity contribution is 5.86. The molecule has 2 aliphatic rings. The van der Waals surface area contributed by atoms with Crippen LogP contribution < -0.4 is 9.64 Å². The fourth-order valence-electron chi connectivity index (χ4n) is 4.44. The van der Waals surface area contributed by atoms with Crippen molar-refractivity contribution in [3.05, 3.63) is 48.0 Å². The second-order valence-corrected chi connectivity index (χ2v) is 8.03. The first-order valence-electron chi connectivity index (χ1n) is 9.72. The number of carbonyl (C=O) groups excluding carboxylic acids is 2. The number of benzene rings is 1. The monoisotopic (exact) mass is 393 g/mol. The topological polar surface area (TPSA) is 75.3 Å². The molecule has 0 bridgehead atoms. The van der Waals surface area contributed by atoms with Crippen molar-refractivity contribution in [1.29, 1.82) is 0 Å². The number of pyridine rings is 1. The highest BCUT2D eigenvalue weighted by Gasteiger charge is 2.45. The molecule has 0 atom stereocenters. The van der Waals surface area contributed by atoms with Crippen molar-refractivity contribution < 1.29 is 18.7 Å². The van der Waals surface area contributed by atoms with Gasteiger partial charge < -0.3 is 14.6 Å². The van der Waals surface area contributed by atoms with E-state index in [1.807, 2.05) is 17.0 Å². The Bertz CT molecular complexity index is 1110. The zero-order valence-electron chi connectivity index (χ0n) is 15.8. The molecule has 0 unspecified atom stereocenters. The van der Waals surface area contributed by atoms with Crippen LogP contribution in [-0.4, -0.2) is 35.1 Å². The van der Waals surface area contributed by atoms with E-state index in [2.05, 4.69) is 9.97 Å². The number of hydrogen-bond donors (Lipinski definition) is 1. The van der Waals surface area contributed by atoms with Gasteiger partial charge in [-0.25, -0.2) is 9.37 Å². The summed E-state index contributed by atoms with van der Waals surface area (Å²) in [6.07, 6.45) is 6.99. The van der Waals surface area contributed by atoms with Gasteiger partial charge in [0.2, 0.25) is 0 Å². The molecule has 1 spiro atoms. The second kappa shape index (κ2) is 6.69. The number of aldehydes is 1. The largest absolute Gasteiger partial charge is 0.455 e. The second-order valence-electron chi connectivity index (χ2n) is 8.03. The fourth-order valence-corrected chi connectivity index (χ4v) is 4.44. The Labute approximate surface area is 166 Å². The van der Waals surface area contributed by atoms with Gasteiger partial charge in [0.25, 0.3) is 0 Å². The van der Waals surface area contributed by atoms with E-state index < -0.39 is 5.82 Å². The summed E-state index contributed by atoms with van der Waals surface area (Å²) in [5.74, 6) is 0.651. The summed E-state index contributed by atoms with van der Waals surface area (Å²) in [5, 5.41) is 0.883. The molecular formula is C22H20FN3O3. The molecule has 148 valence electrons. The Hall–Kier alpha value is -3.22. The zero-order valence-corrected chi connectivity index (χ0v) is 15.8. The number of carbonyl (C=O) groups is 2. The van der Waals surface area contributed by atoms with Crippen molar-refractivity contribution in [3.63, 3.8) is 0 Å². The number of halogens is 1. The minimum absolute atomic E-state index is 0.115. The van der Waals surface area contributed by atoms with Gasteiger partial charge in [-0.15, -0.1) is 0 Å². The van der Waals surface area contributed by atoms with Crippen molar-refractivity contribution >= 4 is 28.8 Å². The molecular weight excluding hydrogens is 373 g/mol. The lowest BCUT2D eigenvalue weighted by Gasteiger charge is -2.47. The van der Waals surface area contributed by atoms with Gasteiger partial charge in [-0.3, -0.25) is 9.59 Å². The molecule has 1 aliphatic carbocycles. The number of aromatic nitrogens is 2. The van der Waals surface area contributed by atoms with Crippen LogP contribution in [0.3, 0.4) is 0 Å². The number of ether oxygens (including phenoxy) is 1. The highest BCUT2D eigenvalue weighted by atomic mass is 19.1. The van der Waals surface area contributed by atoms with Crippen molar-refractivity contribution in [2.45, 2.75) is 25.7 Å². The molecule has 1 saturated carbocycles. The fraction of sp³-hybridized carbons (Fsp3) is 0.318. The van der Waals surface area contributed by atoms with E-state index in [4.69, 9.17) is 4.74 Å². The maximum Gasteiger partial charge on any atom is 0.153 e. The van der Waals surface area contributed by atoms with Crippen LogP contribution in [0, 0.1) is 11.2 Å². The van der Waals surface area contributed by atoms with Crippen LogP contribution in [0.15, 0.2) is 36.7 Å². The maximum absolute atomic E-state index is 14.7. The number of ketones is 1. The lowest BCUT2D eigenvalue weighted by Crippen LogP contribution is -2.47. The molecule has 0 radical (unpaired) electrons. The summed E-state index contributed by atoms with van der Waals surface area (Å²) < 4.78 is 20.6. The Morgan fingerprint density at radius 1 is 1.21 bits per heavy atom. The Morgan fingerprint density at radius 2 is 2.00 bits per heavy atom. The van der Waals surface area contributed by atoms with Gasteiger partial charge in [0.05, 0.1) is 17.4 Å². The Morgan fingerprint density at radius 3 is 2.72 bits per heavy atom. The number of fused-ring (bicyclic) bond motifs is 1. The number of Topliss-reactive ketones (excluding diaryl/α,β-unsaturated/α-hetero) is 1. The van der Waals surface area contributed by atoms with Crippen molar-refractivity contribution in [2.75, 3.05) is 18.0 Å². The average molecular weight is 393 g/mol. The third-order valence-corrected chi connectivity index (χ3v) is 6.12. The number of rotatable bonds is 4. The smallest absolute Gasteiger partial charge is 0.153 e. The number of nitrogens with one attached hydrogen (secondary N) is 1. The number of aromatic amines is 1. The molecule has 29 heavy (non-hydrogen) atoms. The van der Waals surface area contributed by atoms with Gasteiger partial charge >= 0.3 is 0 Å².